The minimum atomic E-state index is -3.18. The number of aromatic nitrogens is 2. The highest BCUT2D eigenvalue weighted by atomic mass is 19.3. The molecule has 26 heavy (non-hydrogen) atoms. The predicted molar refractivity (Wildman–Crippen MR) is 99.6 cm³/mol. The van der Waals surface area contributed by atoms with Crippen LogP contribution in [-0.4, -0.2) is 15.9 Å². The molecule has 2 aromatic rings. The Bertz CT molecular complexity index is 762. The Balaban J connectivity index is 1.86. The van der Waals surface area contributed by atoms with E-state index in [4.69, 9.17) is 5.10 Å². The van der Waals surface area contributed by atoms with Gasteiger partial charge in [-0.2, -0.15) is 13.9 Å². The highest BCUT2D eigenvalue weighted by Gasteiger charge is 2.24. The van der Waals surface area contributed by atoms with E-state index in [-0.39, 0.29) is 5.75 Å². The quantitative estimate of drug-likeness (QED) is 0.582. The Morgan fingerprint density at radius 3 is 2.35 bits per heavy atom. The Hall–Kier alpha value is -2.17. The van der Waals surface area contributed by atoms with E-state index in [9.17, 15) is 8.78 Å². The van der Waals surface area contributed by atoms with Crippen molar-refractivity contribution >= 4 is 0 Å². The molecule has 0 unspecified atom stereocenters. The van der Waals surface area contributed by atoms with Gasteiger partial charge in [0.25, 0.3) is 0 Å². The summed E-state index contributed by atoms with van der Waals surface area (Å²) in [7, 11) is 0. The van der Waals surface area contributed by atoms with E-state index in [1.807, 2.05) is 0 Å². The van der Waals surface area contributed by atoms with Gasteiger partial charge in [0.15, 0.2) is 0 Å². The lowest BCUT2D eigenvalue weighted by Gasteiger charge is -2.26. The third-order valence-corrected chi connectivity index (χ3v) is 4.81. The van der Waals surface area contributed by atoms with E-state index in [1.54, 1.807) is 24.3 Å². The fourth-order valence-corrected chi connectivity index (χ4v) is 3.43. The number of halogens is 2. The van der Waals surface area contributed by atoms with Crippen molar-refractivity contribution in [3.63, 3.8) is 0 Å². The average molecular weight is 360 g/mol. The Morgan fingerprint density at radius 2 is 1.81 bits per heavy atom. The molecule has 0 saturated heterocycles. The summed E-state index contributed by atoms with van der Waals surface area (Å²) in [6.45, 7) is 9.16. The molecule has 5 heteroatoms. The van der Waals surface area contributed by atoms with Gasteiger partial charge in [-0.25, -0.2) is 0 Å². The summed E-state index contributed by atoms with van der Waals surface area (Å²) < 4.78 is 32.7. The van der Waals surface area contributed by atoms with Gasteiger partial charge in [-0.1, -0.05) is 26.0 Å². The zero-order valence-electron chi connectivity index (χ0n) is 15.6. The Morgan fingerprint density at radius 1 is 1.19 bits per heavy atom. The van der Waals surface area contributed by atoms with Crippen molar-refractivity contribution in [2.45, 2.75) is 64.5 Å². The van der Waals surface area contributed by atoms with Crippen LogP contribution in [0, 0.1) is 0 Å². The summed E-state index contributed by atoms with van der Waals surface area (Å²) in [5, 5.41) is 4.85. The molecule has 0 aliphatic heterocycles. The van der Waals surface area contributed by atoms with Crippen molar-refractivity contribution in [2.24, 2.45) is 0 Å². The average Bonchev–Trinajstić information content (AvgIpc) is 3.00. The number of hydrogen-bond donors (Lipinski definition) is 0. The Kier molecular flexibility index (Phi) is 5.17. The van der Waals surface area contributed by atoms with Crippen LogP contribution < -0.4 is 4.74 Å². The molecule has 1 heterocycles. The molecule has 3 nitrogen and oxygen atoms in total. The first-order valence-corrected chi connectivity index (χ1v) is 9.16. The maximum absolute atomic E-state index is 13.0. The van der Waals surface area contributed by atoms with Crippen molar-refractivity contribution in [2.75, 3.05) is 0 Å². The van der Waals surface area contributed by atoms with E-state index in [1.165, 1.54) is 11.3 Å². The molecule has 140 valence electrons. The lowest BCUT2D eigenvalue weighted by atomic mass is 9.91. The van der Waals surface area contributed by atoms with Gasteiger partial charge in [-0.05, 0) is 61.9 Å². The van der Waals surface area contributed by atoms with Gasteiger partial charge in [0.2, 0.25) is 0 Å². The van der Waals surface area contributed by atoms with Crippen LogP contribution in [0.4, 0.5) is 8.78 Å². The summed E-state index contributed by atoms with van der Waals surface area (Å²) in [4.78, 5) is 0. The fraction of sp³-hybridized carbons (Fsp3) is 0.476. The minimum Gasteiger partial charge on any atom is -0.433 e. The van der Waals surface area contributed by atoms with Crippen LogP contribution in [0.15, 0.2) is 42.5 Å². The number of ether oxygens (including phenoxy) is 1. The summed E-state index contributed by atoms with van der Waals surface area (Å²) in [6, 6.07) is 9.18. The summed E-state index contributed by atoms with van der Waals surface area (Å²) in [6.07, 6.45) is 1.05. The molecule has 0 radical (unpaired) electrons. The summed E-state index contributed by atoms with van der Waals surface area (Å²) >= 11 is 0. The number of rotatable bonds is 5. The third kappa shape index (κ3) is 4.32. The van der Waals surface area contributed by atoms with Crippen LogP contribution in [0.2, 0.25) is 0 Å². The van der Waals surface area contributed by atoms with Gasteiger partial charge in [0, 0.05) is 18.2 Å². The van der Waals surface area contributed by atoms with Crippen molar-refractivity contribution in [1.29, 1.82) is 0 Å². The van der Waals surface area contributed by atoms with E-state index >= 15 is 0 Å². The van der Waals surface area contributed by atoms with Gasteiger partial charge in [0.05, 0.1) is 11.7 Å². The van der Waals surface area contributed by atoms with Gasteiger partial charge in [-0.3, -0.25) is 4.68 Å². The van der Waals surface area contributed by atoms with Crippen molar-refractivity contribution < 1.29 is 13.5 Å². The van der Waals surface area contributed by atoms with Crippen LogP contribution in [0.1, 0.15) is 64.1 Å². The predicted octanol–water partition coefficient (Wildman–Crippen LogP) is 6.34. The van der Waals surface area contributed by atoms with Gasteiger partial charge in [0.1, 0.15) is 5.75 Å². The van der Waals surface area contributed by atoms with Crippen LogP contribution in [0.25, 0.3) is 11.3 Å². The number of hydrogen-bond acceptors (Lipinski definition) is 2. The fourth-order valence-electron chi connectivity index (χ4n) is 3.43. The highest BCUT2D eigenvalue weighted by molar-refractivity contribution is 5.60. The van der Waals surface area contributed by atoms with Gasteiger partial charge >= 0.3 is 6.11 Å². The summed E-state index contributed by atoms with van der Waals surface area (Å²) in [5.41, 5.74) is 4.30. The first kappa shape index (κ1) is 18.6. The van der Waals surface area contributed by atoms with Crippen LogP contribution in [0.5, 0.6) is 5.75 Å². The monoisotopic (exact) mass is 360 g/mol. The molecule has 1 aliphatic carbocycles. The van der Waals surface area contributed by atoms with E-state index < -0.39 is 6.11 Å². The lowest BCUT2D eigenvalue weighted by Crippen LogP contribution is -2.18. The van der Waals surface area contributed by atoms with E-state index in [0.29, 0.717) is 12.0 Å². The van der Waals surface area contributed by atoms with Crippen LogP contribution in [0.3, 0.4) is 0 Å². The second-order valence-corrected chi connectivity index (χ2v) is 7.47. The normalized spacial score (nSPS) is 16.3. The molecular formula is C21H26F2N2O. The number of benzene rings is 1. The van der Waals surface area contributed by atoms with Crippen molar-refractivity contribution in [3.8, 4) is 17.0 Å². The van der Waals surface area contributed by atoms with Gasteiger partial charge < -0.3 is 4.74 Å². The molecular weight excluding hydrogens is 334 g/mol. The van der Waals surface area contributed by atoms with Gasteiger partial charge in [-0.15, -0.1) is 0 Å². The first-order chi connectivity index (χ1) is 12.2. The maximum Gasteiger partial charge on any atom is 0.394 e. The number of alkyl halides is 2. The molecule has 3 rings (SSSR count). The molecule has 0 atom stereocenters. The molecule has 1 aromatic heterocycles. The number of allylic oxidation sites excluding steroid dienone is 1. The van der Waals surface area contributed by atoms with E-state index in [0.717, 1.165) is 43.9 Å². The largest absolute Gasteiger partial charge is 0.433 e. The number of nitrogens with zero attached hydrogens (tertiary/aromatic N) is 2. The molecule has 1 aromatic carbocycles. The first-order valence-electron chi connectivity index (χ1n) is 9.16. The molecule has 0 N–H and O–H groups in total. The smallest absolute Gasteiger partial charge is 0.394 e. The van der Waals surface area contributed by atoms with Crippen molar-refractivity contribution in [3.05, 3.63) is 48.2 Å². The summed E-state index contributed by atoms with van der Waals surface area (Å²) in [5.74, 6) is 0.512. The topological polar surface area (TPSA) is 27.1 Å². The van der Waals surface area contributed by atoms with Crippen molar-refractivity contribution in [1.82, 2.24) is 9.78 Å². The minimum absolute atomic E-state index is 0.149. The SMILES string of the molecule is C=C1CCC(n2nc(-c3ccc(OC(C)(F)F)cc3)cc2C(C)C)CC1. The maximum atomic E-state index is 13.0. The molecule has 1 aliphatic rings. The molecule has 1 saturated carbocycles. The lowest BCUT2D eigenvalue weighted by molar-refractivity contribution is -0.158. The second kappa shape index (κ2) is 7.22. The Labute approximate surface area is 153 Å². The highest BCUT2D eigenvalue weighted by Crippen LogP contribution is 2.35. The zero-order valence-corrected chi connectivity index (χ0v) is 15.6. The zero-order chi connectivity index (χ0) is 18.9. The second-order valence-electron chi connectivity index (χ2n) is 7.47. The van der Waals surface area contributed by atoms with Crippen LogP contribution in [-0.2, 0) is 0 Å². The van der Waals surface area contributed by atoms with E-state index in [2.05, 4.69) is 35.9 Å². The standard InChI is InChI=1S/C21H26F2N2O/c1-14(2)20-13-19(24-25(20)17-9-5-15(3)6-10-17)16-7-11-18(12-8-16)26-21(4,22)23/h7-8,11-14,17H,3,5-6,9-10H2,1-2,4H3. The third-order valence-electron chi connectivity index (χ3n) is 4.81. The molecule has 1 fully saturated rings. The molecule has 0 amide bonds. The molecule has 0 spiro atoms. The molecule has 0 bridgehead atoms. The van der Waals surface area contributed by atoms with Crippen LogP contribution >= 0.6 is 0 Å².